The van der Waals surface area contributed by atoms with Gasteiger partial charge in [0.1, 0.15) is 0 Å². The maximum atomic E-state index is 3.71. The first-order valence-corrected chi connectivity index (χ1v) is 5.02. The van der Waals surface area contributed by atoms with E-state index in [0.717, 1.165) is 0 Å². The molecule has 0 aliphatic rings. The molecule has 1 heteroatoms. The number of hydrogen-bond donors (Lipinski definition) is 0. The van der Waals surface area contributed by atoms with Crippen molar-refractivity contribution in [1.82, 2.24) is 0 Å². The summed E-state index contributed by atoms with van der Waals surface area (Å²) in [4.78, 5) is 0. The molecule has 0 aromatic heterocycles. The molecule has 0 aliphatic heterocycles. The predicted molar refractivity (Wildman–Crippen MR) is 52.8 cm³/mol. The molecular formula is C11H22Zn. The van der Waals surface area contributed by atoms with E-state index in [-0.39, 0.29) is 19.5 Å². The van der Waals surface area contributed by atoms with Gasteiger partial charge in [0.15, 0.2) is 0 Å². The van der Waals surface area contributed by atoms with E-state index in [9.17, 15) is 0 Å². The quantitative estimate of drug-likeness (QED) is 0.324. The molecule has 0 unspecified atom stereocenters. The molecule has 0 nitrogen and oxygen atoms in total. The second-order valence-corrected chi connectivity index (χ2v) is 3.20. The molecular weight excluding hydrogens is 198 g/mol. The first-order valence-electron chi connectivity index (χ1n) is 5.02. The van der Waals surface area contributed by atoms with E-state index >= 15 is 0 Å². The Balaban J connectivity index is 0. The van der Waals surface area contributed by atoms with Crippen molar-refractivity contribution in [2.45, 2.75) is 58.3 Å². The molecule has 0 aliphatic carbocycles. The van der Waals surface area contributed by atoms with Gasteiger partial charge in [-0.05, 0) is 12.8 Å². The Bertz CT molecular complexity index is 79.1. The van der Waals surface area contributed by atoms with Crippen LogP contribution in [0.3, 0.4) is 0 Å². The standard InChI is InChI=1S/C11H22.Zn/c1-3-5-7-9-11-10-8-6-4-2;/h3H,1,4-11H2,2H3;. The monoisotopic (exact) mass is 218 g/mol. The second-order valence-electron chi connectivity index (χ2n) is 3.20. The van der Waals surface area contributed by atoms with Gasteiger partial charge in [0, 0.05) is 19.5 Å². The van der Waals surface area contributed by atoms with Crippen molar-refractivity contribution in [3.05, 3.63) is 12.7 Å². The zero-order valence-corrected chi connectivity index (χ0v) is 11.6. The normalized spacial score (nSPS) is 9.08. The van der Waals surface area contributed by atoms with Crippen molar-refractivity contribution in [3.63, 3.8) is 0 Å². The molecule has 0 fully saturated rings. The van der Waals surface area contributed by atoms with Crippen molar-refractivity contribution >= 4 is 0 Å². The molecule has 0 aromatic carbocycles. The Morgan fingerprint density at radius 3 is 1.92 bits per heavy atom. The SMILES string of the molecule is C=CCCCCCCCCC.[Zn]. The summed E-state index contributed by atoms with van der Waals surface area (Å²) in [6, 6.07) is 0. The molecule has 0 bridgehead atoms. The zero-order chi connectivity index (χ0) is 8.36. The van der Waals surface area contributed by atoms with Crippen LogP contribution < -0.4 is 0 Å². The van der Waals surface area contributed by atoms with Crippen LogP contribution in [0.5, 0.6) is 0 Å². The fourth-order valence-corrected chi connectivity index (χ4v) is 1.25. The Morgan fingerprint density at radius 1 is 0.917 bits per heavy atom. The van der Waals surface area contributed by atoms with Crippen molar-refractivity contribution in [3.8, 4) is 0 Å². The number of unbranched alkanes of at least 4 members (excludes halogenated alkanes) is 7. The van der Waals surface area contributed by atoms with Gasteiger partial charge in [0.2, 0.25) is 0 Å². The summed E-state index contributed by atoms with van der Waals surface area (Å²) >= 11 is 0. The first-order chi connectivity index (χ1) is 5.41. The molecule has 0 N–H and O–H groups in total. The van der Waals surface area contributed by atoms with E-state index < -0.39 is 0 Å². The van der Waals surface area contributed by atoms with E-state index in [2.05, 4.69) is 13.5 Å². The van der Waals surface area contributed by atoms with Crippen molar-refractivity contribution in [2.24, 2.45) is 0 Å². The van der Waals surface area contributed by atoms with Crippen LogP contribution in [0.1, 0.15) is 58.3 Å². The predicted octanol–water partition coefficient (Wildman–Crippen LogP) is 4.31. The van der Waals surface area contributed by atoms with Crippen LogP contribution in [0, 0.1) is 0 Å². The molecule has 0 aromatic rings. The van der Waals surface area contributed by atoms with Crippen LogP contribution in [-0.2, 0) is 19.5 Å². The van der Waals surface area contributed by atoms with Gasteiger partial charge in [-0.3, -0.25) is 0 Å². The first kappa shape index (κ1) is 14.9. The Hall–Kier alpha value is 0.363. The van der Waals surface area contributed by atoms with Crippen LogP contribution >= 0.6 is 0 Å². The summed E-state index contributed by atoms with van der Waals surface area (Å²) in [5.41, 5.74) is 0. The molecule has 0 atom stereocenters. The molecule has 0 saturated carbocycles. The molecule has 68 valence electrons. The molecule has 0 rings (SSSR count). The third-order valence-electron chi connectivity index (χ3n) is 2.01. The molecule has 0 saturated heterocycles. The topological polar surface area (TPSA) is 0 Å². The molecule has 0 heterocycles. The minimum absolute atomic E-state index is 0. The van der Waals surface area contributed by atoms with E-state index in [4.69, 9.17) is 0 Å². The average Bonchev–Trinajstić information content (AvgIpc) is 2.03. The minimum Gasteiger partial charge on any atom is -0.103 e. The van der Waals surface area contributed by atoms with Gasteiger partial charge in [-0.15, -0.1) is 6.58 Å². The Kier molecular flexibility index (Phi) is 17.2. The van der Waals surface area contributed by atoms with E-state index in [1.165, 1.54) is 51.4 Å². The van der Waals surface area contributed by atoms with E-state index in [1.54, 1.807) is 0 Å². The maximum absolute atomic E-state index is 3.71. The van der Waals surface area contributed by atoms with Crippen LogP contribution in [0.4, 0.5) is 0 Å². The van der Waals surface area contributed by atoms with Crippen LogP contribution in [0.25, 0.3) is 0 Å². The van der Waals surface area contributed by atoms with Gasteiger partial charge in [-0.1, -0.05) is 51.5 Å². The van der Waals surface area contributed by atoms with E-state index in [0.29, 0.717) is 0 Å². The zero-order valence-electron chi connectivity index (χ0n) is 8.65. The van der Waals surface area contributed by atoms with Crippen molar-refractivity contribution < 1.29 is 19.5 Å². The smallest absolute Gasteiger partial charge is 0 e. The van der Waals surface area contributed by atoms with Crippen LogP contribution in [0.15, 0.2) is 12.7 Å². The summed E-state index contributed by atoms with van der Waals surface area (Å²) in [7, 11) is 0. The fraction of sp³-hybridized carbons (Fsp3) is 0.818. The average molecular weight is 220 g/mol. The van der Waals surface area contributed by atoms with Gasteiger partial charge in [-0.2, -0.15) is 0 Å². The summed E-state index contributed by atoms with van der Waals surface area (Å²) in [6.07, 6.45) is 13.0. The van der Waals surface area contributed by atoms with E-state index in [1.807, 2.05) is 6.08 Å². The van der Waals surface area contributed by atoms with Gasteiger partial charge < -0.3 is 0 Å². The Morgan fingerprint density at radius 2 is 1.42 bits per heavy atom. The molecule has 0 amide bonds. The summed E-state index contributed by atoms with van der Waals surface area (Å²) in [5.74, 6) is 0. The molecule has 12 heavy (non-hydrogen) atoms. The third kappa shape index (κ3) is 13.0. The van der Waals surface area contributed by atoms with Gasteiger partial charge in [0.25, 0.3) is 0 Å². The number of allylic oxidation sites excluding steroid dienone is 1. The summed E-state index contributed by atoms with van der Waals surface area (Å²) in [6.45, 7) is 5.97. The second kappa shape index (κ2) is 13.9. The van der Waals surface area contributed by atoms with Crippen molar-refractivity contribution in [2.75, 3.05) is 0 Å². The van der Waals surface area contributed by atoms with Crippen LogP contribution in [0.2, 0.25) is 0 Å². The molecule has 0 spiro atoms. The summed E-state index contributed by atoms with van der Waals surface area (Å²) in [5, 5.41) is 0. The van der Waals surface area contributed by atoms with Crippen LogP contribution in [-0.4, -0.2) is 0 Å². The molecule has 0 radical (unpaired) electrons. The van der Waals surface area contributed by atoms with Gasteiger partial charge in [0.05, 0.1) is 0 Å². The third-order valence-corrected chi connectivity index (χ3v) is 2.01. The summed E-state index contributed by atoms with van der Waals surface area (Å²) < 4.78 is 0. The number of hydrogen-bond acceptors (Lipinski definition) is 0. The van der Waals surface area contributed by atoms with Crippen molar-refractivity contribution in [1.29, 1.82) is 0 Å². The number of rotatable bonds is 8. The largest absolute Gasteiger partial charge is 0.103 e. The van der Waals surface area contributed by atoms with Gasteiger partial charge in [-0.25, -0.2) is 0 Å². The fourth-order valence-electron chi connectivity index (χ4n) is 1.25. The Labute approximate surface area is 90.6 Å². The minimum atomic E-state index is 0. The van der Waals surface area contributed by atoms with Gasteiger partial charge >= 0.3 is 0 Å². The maximum Gasteiger partial charge on any atom is 0 e.